The van der Waals surface area contributed by atoms with Gasteiger partial charge in [-0.25, -0.2) is 9.97 Å². The maximum Gasteiger partial charge on any atom is 0.274 e. The maximum atomic E-state index is 12.3. The summed E-state index contributed by atoms with van der Waals surface area (Å²) in [6.45, 7) is 4.34. The normalized spacial score (nSPS) is 10.1. The fourth-order valence-corrected chi connectivity index (χ4v) is 2.04. The zero-order valence-electron chi connectivity index (χ0n) is 13.8. The van der Waals surface area contributed by atoms with Gasteiger partial charge in [-0.15, -0.1) is 0 Å². The smallest absolute Gasteiger partial charge is 0.274 e. The highest BCUT2D eigenvalue weighted by Gasteiger charge is 2.09. The molecular weight excluding hydrogens is 306 g/mol. The Bertz CT molecular complexity index is 718. The van der Waals surface area contributed by atoms with E-state index < -0.39 is 0 Å². The molecule has 2 rings (SSSR count). The van der Waals surface area contributed by atoms with Crippen LogP contribution in [0.1, 0.15) is 37.2 Å². The SMILES string of the molecule is CCCCNc1cc(C(=O)Nc2cccc(NC(C)=O)c2)ncn1. The molecule has 3 N–H and O–H groups in total. The molecule has 24 heavy (non-hydrogen) atoms. The highest BCUT2D eigenvalue weighted by molar-refractivity contribution is 6.03. The molecule has 1 heterocycles. The van der Waals surface area contributed by atoms with Gasteiger partial charge in [0.2, 0.25) is 5.91 Å². The van der Waals surface area contributed by atoms with Crippen LogP contribution in [0.5, 0.6) is 0 Å². The summed E-state index contributed by atoms with van der Waals surface area (Å²) in [4.78, 5) is 31.5. The van der Waals surface area contributed by atoms with Crippen molar-refractivity contribution in [1.29, 1.82) is 0 Å². The third kappa shape index (κ3) is 5.35. The second-order valence-electron chi connectivity index (χ2n) is 5.28. The van der Waals surface area contributed by atoms with Gasteiger partial charge >= 0.3 is 0 Å². The molecule has 0 aliphatic heterocycles. The van der Waals surface area contributed by atoms with Crippen LogP contribution in [-0.4, -0.2) is 28.3 Å². The summed E-state index contributed by atoms with van der Waals surface area (Å²) in [5.74, 6) is 0.114. The molecule has 0 saturated heterocycles. The van der Waals surface area contributed by atoms with E-state index in [-0.39, 0.29) is 17.5 Å². The Kier molecular flexibility index (Phi) is 6.24. The highest BCUT2D eigenvalue weighted by atomic mass is 16.2. The number of amides is 2. The lowest BCUT2D eigenvalue weighted by Crippen LogP contribution is -2.15. The first-order chi connectivity index (χ1) is 11.6. The molecule has 0 aliphatic rings. The molecule has 7 heteroatoms. The minimum Gasteiger partial charge on any atom is -0.370 e. The van der Waals surface area contributed by atoms with Crippen molar-refractivity contribution in [3.8, 4) is 0 Å². The Morgan fingerprint density at radius 2 is 1.83 bits per heavy atom. The second-order valence-corrected chi connectivity index (χ2v) is 5.28. The van der Waals surface area contributed by atoms with E-state index in [9.17, 15) is 9.59 Å². The van der Waals surface area contributed by atoms with Crippen molar-refractivity contribution in [2.75, 3.05) is 22.5 Å². The third-order valence-corrected chi connectivity index (χ3v) is 3.18. The van der Waals surface area contributed by atoms with Crippen molar-refractivity contribution in [1.82, 2.24) is 9.97 Å². The molecule has 0 atom stereocenters. The topological polar surface area (TPSA) is 96.0 Å². The number of unbranched alkanes of at least 4 members (excludes halogenated alkanes) is 1. The van der Waals surface area contributed by atoms with Crippen molar-refractivity contribution < 1.29 is 9.59 Å². The Labute approximate surface area is 140 Å². The molecule has 0 bridgehead atoms. The molecule has 0 saturated carbocycles. The van der Waals surface area contributed by atoms with E-state index in [1.807, 2.05) is 0 Å². The average Bonchev–Trinajstić information content (AvgIpc) is 2.55. The van der Waals surface area contributed by atoms with Gasteiger partial charge in [0.25, 0.3) is 5.91 Å². The lowest BCUT2D eigenvalue weighted by molar-refractivity contribution is -0.114. The summed E-state index contributed by atoms with van der Waals surface area (Å²) in [5, 5.41) is 8.58. The van der Waals surface area contributed by atoms with E-state index >= 15 is 0 Å². The highest BCUT2D eigenvalue weighted by Crippen LogP contribution is 2.16. The van der Waals surface area contributed by atoms with Crippen LogP contribution in [0, 0.1) is 0 Å². The maximum absolute atomic E-state index is 12.3. The van der Waals surface area contributed by atoms with Crippen LogP contribution in [0.3, 0.4) is 0 Å². The van der Waals surface area contributed by atoms with Gasteiger partial charge in [0.1, 0.15) is 17.8 Å². The summed E-state index contributed by atoms with van der Waals surface area (Å²) in [5.41, 5.74) is 1.46. The molecule has 2 aromatic rings. The Balaban J connectivity index is 2.04. The minimum absolute atomic E-state index is 0.169. The first-order valence-electron chi connectivity index (χ1n) is 7.83. The largest absolute Gasteiger partial charge is 0.370 e. The van der Waals surface area contributed by atoms with Crippen LogP contribution in [0.2, 0.25) is 0 Å². The number of nitrogens with zero attached hydrogens (tertiary/aromatic N) is 2. The van der Waals surface area contributed by atoms with E-state index in [4.69, 9.17) is 0 Å². The van der Waals surface area contributed by atoms with Crippen molar-refractivity contribution >= 4 is 29.0 Å². The van der Waals surface area contributed by atoms with Gasteiger partial charge in [-0.2, -0.15) is 0 Å². The van der Waals surface area contributed by atoms with Crippen LogP contribution in [0.4, 0.5) is 17.2 Å². The van der Waals surface area contributed by atoms with Gasteiger partial charge in [-0.1, -0.05) is 19.4 Å². The van der Waals surface area contributed by atoms with Crippen LogP contribution in [0.15, 0.2) is 36.7 Å². The molecule has 0 fully saturated rings. The second kappa shape index (κ2) is 8.61. The Hall–Kier alpha value is -2.96. The lowest BCUT2D eigenvalue weighted by Gasteiger charge is -2.09. The molecular formula is C17H21N5O2. The molecule has 126 valence electrons. The van der Waals surface area contributed by atoms with Gasteiger partial charge in [-0.3, -0.25) is 9.59 Å². The van der Waals surface area contributed by atoms with Gasteiger partial charge in [0, 0.05) is 30.9 Å². The number of rotatable bonds is 7. The number of hydrogen-bond acceptors (Lipinski definition) is 5. The van der Waals surface area contributed by atoms with Crippen LogP contribution in [0.25, 0.3) is 0 Å². The quantitative estimate of drug-likeness (QED) is 0.680. The molecule has 1 aromatic carbocycles. The molecule has 0 spiro atoms. The lowest BCUT2D eigenvalue weighted by atomic mass is 10.2. The van der Waals surface area contributed by atoms with Gasteiger partial charge in [0.15, 0.2) is 0 Å². The Morgan fingerprint density at radius 1 is 1.08 bits per heavy atom. The van der Waals surface area contributed by atoms with E-state index in [1.54, 1.807) is 30.3 Å². The van der Waals surface area contributed by atoms with Gasteiger partial charge in [-0.05, 0) is 24.6 Å². The summed E-state index contributed by atoms with van der Waals surface area (Å²) in [6, 6.07) is 8.53. The van der Waals surface area contributed by atoms with E-state index in [2.05, 4.69) is 32.8 Å². The third-order valence-electron chi connectivity index (χ3n) is 3.18. The molecule has 0 unspecified atom stereocenters. The number of benzene rings is 1. The first-order valence-corrected chi connectivity index (χ1v) is 7.83. The van der Waals surface area contributed by atoms with Crippen LogP contribution >= 0.6 is 0 Å². The van der Waals surface area contributed by atoms with E-state index in [0.29, 0.717) is 17.2 Å². The van der Waals surface area contributed by atoms with Crippen molar-refractivity contribution in [2.24, 2.45) is 0 Å². The van der Waals surface area contributed by atoms with Crippen molar-refractivity contribution in [3.05, 3.63) is 42.4 Å². The number of anilines is 3. The number of carbonyl (C=O) groups excluding carboxylic acids is 2. The van der Waals surface area contributed by atoms with Gasteiger partial charge < -0.3 is 16.0 Å². The number of hydrogen-bond donors (Lipinski definition) is 3. The molecule has 0 aliphatic carbocycles. The predicted molar refractivity (Wildman–Crippen MR) is 94.1 cm³/mol. The number of aromatic nitrogens is 2. The fraction of sp³-hybridized carbons (Fsp3) is 0.294. The summed E-state index contributed by atoms with van der Waals surface area (Å²) >= 11 is 0. The molecule has 7 nitrogen and oxygen atoms in total. The molecule has 0 radical (unpaired) electrons. The first kappa shape index (κ1) is 17.4. The predicted octanol–water partition coefficient (Wildman–Crippen LogP) is 2.90. The standard InChI is InChI=1S/C17H21N5O2/c1-3-4-8-18-16-10-15(19-11-20-16)17(24)22-14-7-5-6-13(9-14)21-12(2)23/h5-7,9-11H,3-4,8H2,1-2H3,(H,21,23)(H,22,24)(H,18,19,20). The molecule has 1 aromatic heterocycles. The fourth-order valence-electron chi connectivity index (χ4n) is 2.04. The summed E-state index contributed by atoms with van der Waals surface area (Å²) < 4.78 is 0. The van der Waals surface area contributed by atoms with E-state index in [0.717, 1.165) is 19.4 Å². The minimum atomic E-state index is -0.337. The van der Waals surface area contributed by atoms with Crippen LogP contribution in [-0.2, 0) is 4.79 Å². The van der Waals surface area contributed by atoms with Crippen molar-refractivity contribution in [3.63, 3.8) is 0 Å². The zero-order chi connectivity index (χ0) is 17.4. The monoisotopic (exact) mass is 327 g/mol. The van der Waals surface area contributed by atoms with Crippen molar-refractivity contribution in [2.45, 2.75) is 26.7 Å². The van der Waals surface area contributed by atoms with E-state index in [1.165, 1.54) is 13.3 Å². The number of carbonyl (C=O) groups is 2. The Morgan fingerprint density at radius 3 is 2.54 bits per heavy atom. The molecule has 2 amide bonds. The number of nitrogens with one attached hydrogen (secondary N) is 3. The zero-order valence-corrected chi connectivity index (χ0v) is 13.8. The summed E-state index contributed by atoms with van der Waals surface area (Å²) in [7, 11) is 0. The average molecular weight is 327 g/mol. The van der Waals surface area contributed by atoms with Gasteiger partial charge in [0.05, 0.1) is 0 Å². The van der Waals surface area contributed by atoms with Crippen LogP contribution < -0.4 is 16.0 Å². The summed E-state index contributed by atoms with van der Waals surface area (Å²) in [6.07, 6.45) is 3.47.